The lowest BCUT2D eigenvalue weighted by Gasteiger charge is -2.55. The second-order valence-electron chi connectivity index (χ2n) is 9.52. The third kappa shape index (κ3) is 3.81. The SMILES string of the molecule is O=C(CCCNC(=O)C12CC3CC(CC(C3)C1)C2)NCc1ccc2c(c1)OCO2. The fraction of sp³-hybridized carbons (Fsp3) is 0.652. The van der Waals surface area contributed by atoms with Crippen molar-refractivity contribution in [2.24, 2.45) is 23.2 Å². The Morgan fingerprint density at radius 2 is 1.66 bits per heavy atom. The Balaban J connectivity index is 1.03. The summed E-state index contributed by atoms with van der Waals surface area (Å²) in [6, 6.07) is 5.69. The lowest BCUT2D eigenvalue weighted by atomic mass is 9.49. The first-order valence-electron chi connectivity index (χ1n) is 11.0. The summed E-state index contributed by atoms with van der Waals surface area (Å²) >= 11 is 0. The van der Waals surface area contributed by atoms with E-state index in [1.165, 1.54) is 19.3 Å². The van der Waals surface area contributed by atoms with Crippen LogP contribution in [0.15, 0.2) is 18.2 Å². The summed E-state index contributed by atoms with van der Waals surface area (Å²) in [5, 5.41) is 6.09. The number of hydrogen-bond donors (Lipinski definition) is 2. The largest absolute Gasteiger partial charge is 0.454 e. The van der Waals surface area contributed by atoms with Crippen LogP contribution in [0, 0.1) is 23.2 Å². The van der Waals surface area contributed by atoms with Crippen molar-refractivity contribution in [2.75, 3.05) is 13.3 Å². The van der Waals surface area contributed by atoms with Crippen molar-refractivity contribution in [3.05, 3.63) is 23.8 Å². The van der Waals surface area contributed by atoms with E-state index < -0.39 is 0 Å². The first-order chi connectivity index (χ1) is 14.1. The molecule has 4 fully saturated rings. The van der Waals surface area contributed by atoms with Gasteiger partial charge >= 0.3 is 0 Å². The first-order valence-corrected chi connectivity index (χ1v) is 11.0. The third-order valence-electron chi connectivity index (χ3n) is 7.31. The highest BCUT2D eigenvalue weighted by molar-refractivity contribution is 5.83. The van der Waals surface area contributed by atoms with Crippen molar-refractivity contribution in [1.29, 1.82) is 0 Å². The maximum Gasteiger partial charge on any atom is 0.231 e. The highest BCUT2D eigenvalue weighted by atomic mass is 16.7. The number of rotatable bonds is 7. The summed E-state index contributed by atoms with van der Waals surface area (Å²) in [6.45, 7) is 1.30. The van der Waals surface area contributed by atoms with E-state index in [9.17, 15) is 9.59 Å². The van der Waals surface area contributed by atoms with Crippen LogP contribution in [-0.4, -0.2) is 25.2 Å². The Labute approximate surface area is 171 Å². The Morgan fingerprint density at radius 3 is 2.38 bits per heavy atom. The summed E-state index contributed by atoms with van der Waals surface area (Å²) < 4.78 is 10.7. The van der Waals surface area contributed by atoms with Crippen LogP contribution in [0.4, 0.5) is 0 Å². The van der Waals surface area contributed by atoms with Crippen LogP contribution in [0.5, 0.6) is 11.5 Å². The molecule has 29 heavy (non-hydrogen) atoms. The minimum Gasteiger partial charge on any atom is -0.454 e. The molecule has 4 aliphatic carbocycles. The molecule has 6 nitrogen and oxygen atoms in total. The van der Waals surface area contributed by atoms with Crippen molar-refractivity contribution in [1.82, 2.24) is 10.6 Å². The Bertz CT molecular complexity index is 771. The van der Waals surface area contributed by atoms with Crippen LogP contribution in [0.2, 0.25) is 0 Å². The van der Waals surface area contributed by atoms with Gasteiger partial charge < -0.3 is 20.1 Å². The molecule has 1 heterocycles. The fourth-order valence-electron chi connectivity index (χ4n) is 6.37. The average molecular weight is 399 g/mol. The van der Waals surface area contributed by atoms with Crippen molar-refractivity contribution < 1.29 is 19.1 Å². The Hall–Kier alpha value is -2.24. The van der Waals surface area contributed by atoms with Crippen LogP contribution in [0.1, 0.15) is 56.9 Å². The molecule has 0 saturated heterocycles. The third-order valence-corrected chi connectivity index (χ3v) is 7.31. The highest BCUT2D eigenvalue weighted by Gasteiger charge is 2.54. The number of fused-ring (bicyclic) bond motifs is 1. The predicted molar refractivity (Wildman–Crippen MR) is 107 cm³/mol. The molecule has 6 heteroatoms. The first kappa shape index (κ1) is 18.8. The topological polar surface area (TPSA) is 76.7 Å². The smallest absolute Gasteiger partial charge is 0.231 e. The summed E-state index contributed by atoms with van der Waals surface area (Å²) in [5.74, 6) is 4.04. The Morgan fingerprint density at radius 1 is 0.966 bits per heavy atom. The van der Waals surface area contributed by atoms with Crippen LogP contribution in [-0.2, 0) is 16.1 Å². The average Bonchev–Trinajstić information content (AvgIpc) is 3.16. The van der Waals surface area contributed by atoms with Gasteiger partial charge in [-0.05, 0) is 80.4 Å². The van der Waals surface area contributed by atoms with E-state index in [2.05, 4.69) is 10.6 Å². The molecule has 0 spiro atoms. The van der Waals surface area contributed by atoms with E-state index in [1.54, 1.807) is 0 Å². The van der Waals surface area contributed by atoms with E-state index >= 15 is 0 Å². The number of benzene rings is 1. The van der Waals surface area contributed by atoms with Crippen LogP contribution < -0.4 is 20.1 Å². The molecule has 2 N–H and O–H groups in total. The molecular formula is C23H30N2O4. The van der Waals surface area contributed by atoms with Gasteiger partial charge in [0, 0.05) is 24.9 Å². The number of carbonyl (C=O) groups is 2. The molecular weight excluding hydrogens is 368 g/mol. The van der Waals surface area contributed by atoms with Gasteiger partial charge in [0.05, 0.1) is 0 Å². The molecule has 0 unspecified atom stereocenters. The van der Waals surface area contributed by atoms with E-state index in [4.69, 9.17) is 9.47 Å². The second-order valence-corrected chi connectivity index (χ2v) is 9.52. The molecule has 0 atom stereocenters. The van der Waals surface area contributed by atoms with Gasteiger partial charge in [-0.3, -0.25) is 9.59 Å². The molecule has 5 aliphatic rings. The van der Waals surface area contributed by atoms with Crippen LogP contribution in [0.3, 0.4) is 0 Å². The lowest BCUT2D eigenvalue weighted by Crippen LogP contribution is -2.53. The van der Waals surface area contributed by atoms with Crippen LogP contribution >= 0.6 is 0 Å². The second kappa shape index (κ2) is 7.54. The maximum absolute atomic E-state index is 12.9. The van der Waals surface area contributed by atoms with E-state index in [0.29, 0.717) is 25.9 Å². The summed E-state index contributed by atoms with van der Waals surface area (Å²) in [6.07, 6.45) is 8.38. The van der Waals surface area contributed by atoms with E-state index in [0.717, 1.165) is 54.1 Å². The quantitative estimate of drug-likeness (QED) is 0.692. The highest BCUT2D eigenvalue weighted by Crippen LogP contribution is 2.60. The number of amides is 2. The minimum absolute atomic E-state index is 0.00622. The number of ether oxygens (including phenoxy) is 2. The molecule has 1 aliphatic heterocycles. The molecule has 0 radical (unpaired) electrons. The lowest BCUT2D eigenvalue weighted by molar-refractivity contribution is -0.146. The minimum atomic E-state index is -0.101. The van der Waals surface area contributed by atoms with E-state index in [-0.39, 0.29) is 24.0 Å². The molecule has 4 saturated carbocycles. The normalized spacial score (nSPS) is 31.0. The van der Waals surface area contributed by atoms with Gasteiger partial charge in [-0.15, -0.1) is 0 Å². The van der Waals surface area contributed by atoms with Gasteiger partial charge in [-0.25, -0.2) is 0 Å². The van der Waals surface area contributed by atoms with Gasteiger partial charge in [-0.1, -0.05) is 6.07 Å². The number of hydrogen-bond acceptors (Lipinski definition) is 4. The fourth-order valence-corrected chi connectivity index (χ4v) is 6.37. The molecule has 4 bridgehead atoms. The summed E-state index contributed by atoms with van der Waals surface area (Å²) in [5.41, 5.74) is 0.883. The summed E-state index contributed by atoms with van der Waals surface area (Å²) in [4.78, 5) is 25.0. The van der Waals surface area contributed by atoms with Gasteiger partial charge in [0.2, 0.25) is 18.6 Å². The molecule has 2 amide bonds. The van der Waals surface area contributed by atoms with Gasteiger partial charge in [-0.2, -0.15) is 0 Å². The van der Waals surface area contributed by atoms with E-state index in [1.807, 2.05) is 18.2 Å². The zero-order valence-electron chi connectivity index (χ0n) is 16.9. The maximum atomic E-state index is 12.9. The molecule has 0 aromatic heterocycles. The van der Waals surface area contributed by atoms with Gasteiger partial charge in [0.15, 0.2) is 11.5 Å². The predicted octanol–water partition coefficient (Wildman–Crippen LogP) is 3.14. The van der Waals surface area contributed by atoms with Crippen molar-refractivity contribution in [3.63, 3.8) is 0 Å². The van der Waals surface area contributed by atoms with Gasteiger partial charge in [0.1, 0.15) is 0 Å². The monoisotopic (exact) mass is 398 g/mol. The Kier molecular flexibility index (Phi) is 4.88. The van der Waals surface area contributed by atoms with Crippen molar-refractivity contribution in [2.45, 2.75) is 57.9 Å². The zero-order valence-corrected chi connectivity index (χ0v) is 16.9. The molecule has 6 rings (SSSR count). The zero-order chi connectivity index (χ0) is 19.8. The number of nitrogens with one attached hydrogen (secondary N) is 2. The number of carbonyl (C=O) groups excluding carboxylic acids is 2. The van der Waals surface area contributed by atoms with Crippen molar-refractivity contribution >= 4 is 11.8 Å². The molecule has 156 valence electrons. The van der Waals surface area contributed by atoms with Crippen LogP contribution in [0.25, 0.3) is 0 Å². The van der Waals surface area contributed by atoms with Gasteiger partial charge in [0.25, 0.3) is 0 Å². The summed E-state index contributed by atoms with van der Waals surface area (Å²) in [7, 11) is 0. The molecule has 1 aromatic rings. The molecule has 1 aromatic carbocycles. The van der Waals surface area contributed by atoms with Crippen molar-refractivity contribution in [3.8, 4) is 11.5 Å². The standard InChI is InChI=1S/C23H30N2O4/c26-21(25-13-15-3-4-19-20(9-15)29-14-28-19)2-1-5-24-22(27)23-10-16-6-17(11-23)8-18(7-16)12-23/h3-4,9,16-18H,1-2,5-8,10-14H2,(H,24,27)(H,25,26).